The molecule has 1 N–H and O–H groups in total. The smallest absolute Gasteiger partial charge is 0.233 e. The molecule has 0 aliphatic carbocycles. The average Bonchev–Trinajstić information content (AvgIpc) is 2.49. The molecule has 0 fully saturated rings. The molecule has 1 amide bonds. The van der Waals surface area contributed by atoms with Crippen molar-refractivity contribution in [2.24, 2.45) is 0 Å². The molecule has 0 saturated heterocycles. The minimum atomic E-state index is -0.0390. The maximum Gasteiger partial charge on any atom is 0.233 e. The second kappa shape index (κ2) is 9.63. The lowest BCUT2D eigenvalue weighted by Gasteiger charge is -2.21. The topological polar surface area (TPSA) is 59.0 Å². The Labute approximate surface area is 123 Å². The van der Waals surface area contributed by atoms with Crippen molar-refractivity contribution in [2.45, 2.75) is 4.90 Å². The van der Waals surface area contributed by atoms with E-state index in [1.807, 2.05) is 24.3 Å². The van der Waals surface area contributed by atoms with E-state index in [0.717, 1.165) is 10.6 Å². The van der Waals surface area contributed by atoms with Crippen molar-refractivity contribution >= 4 is 17.7 Å². The van der Waals surface area contributed by atoms with Gasteiger partial charge >= 0.3 is 0 Å². The summed E-state index contributed by atoms with van der Waals surface area (Å²) in [5.74, 6) is 1.13. The number of nitrogens with zero attached hydrogens (tertiary/aromatic N) is 1. The van der Waals surface area contributed by atoms with Crippen LogP contribution in [0.15, 0.2) is 29.2 Å². The van der Waals surface area contributed by atoms with Gasteiger partial charge in [0.25, 0.3) is 0 Å². The number of methoxy groups -OCH3 is 2. The summed E-state index contributed by atoms with van der Waals surface area (Å²) >= 11 is 1.47. The van der Waals surface area contributed by atoms with Crippen LogP contribution in [0.2, 0.25) is 0 Å². The first-order valence-corrected chi connectivity index (χ1v) is 7.34. The number of carbonyl (C=O) groups is 1. The average molecular weight is 299 g/mol. The zero-order valence-electron chi connectivity index (χ0n) is 11.9. The van der Waals surface area contributed by atoms with Crippen molar-refractivity contribution in [1.82, 2.24) is 4.90 Å². The Balaban J connectivity index is 2.46. The van der Waals surface area contributed by atoms with Crippen molar-refractivity contribution in [2.75, 3.05) is 46.3 Å². The van der Waals surface area contributed by atoms with Gasteiger partial charge < -0.3 is 19.5 Å². The third-order valence-corrected chi connectivity index (χ3v) is 3.71. The number of aliphatic hydroxyl groups excluding tert-OH is 1. The molecule has 0 saturated carbocycles. The fourth-order valence-corrected chi connectivity index (χ4v) is 2.39. The number of aliphatic hydroxyl groups is 1. The van der Waals surface area contributed by atoms with Gasteiger partial charge in [-0.3, -0.25) is 4.79 Å². The van der Waals surface area contributed by atoms with Crippen LogP contribution in [0.25, 0.3) is 0 Å². The van der Waals surface area contributed by atoms with Crippen LogP contribution < -0.4 is 4.74 Å². The van der Waals surface area contributed by atoms with Crippen LogP contribution in [-0.4, -0.2) is 62.2 Å². The van der Waals surface area contributed by atoms with E-state index in [1.54, 1.807) is 19.1 Å². The van der Waals surface area contributed by atoms with Gasteiger partial charge in [0.15, 0.2) is 0 Å². The fraction of sp³-hybridized carbons (Fsp3) is 0.500. The normalized spacial score (nSPS) is 10.3. The molecule has 1 rings (SSSR count). The van der Waals surface area contributed by atoms with E-state index in [4.69, 9.17) is 14.6 Å². The van der Waals surface area contributed by atoms with Crippen molar-refractivity contribution < 1.29 is 19.4 Å². The SMILES string of the molecule is COCCN(CCO)C(=O)CSc1ccc(OC)cc1. The summed E-state index contributed by atoms with van der Waals surface area (Å²) in [5.41, 5.74) is 0. The second-order valence-corrected chi connectivity index (χ2v) is 5.11. The van der Waals surface area contributed by atoms with Gasteiger partial charge in [0, 0.05) is 25.1 Å². The molecule has 0 atom stereocenters. The van der Waals surface area contributed by atoms with Crippen LogP contribution in [-0.2, 0) is 9.53 Å². The summed E-state index contributed by atoms with van der Waals surface area (Å²) in [6.45, 7) is 1.27. The van der Waals surface area contributed by atoms with Gasteiger partial charge in [0.2, 0.25) is 5.91 Å². The summed E-state index contributed by atoms with van der Waals surface area (Å²) in [4.78, 5) is 14.7. The molecule has 112 valence electrons. The lowest BCUT2D eigenvalue weighted by molar-refractivity contribution is -0.129. The molecule has 6 heteroatoms. The Morgan fingerprint density at radius 3 is 2.50 bits per heavy atom. The number of hydrogen-bond donors (Lipinski definition) is 1. The second-order valence-electron chi connectivity index (χ2n) is 4.06. The molecule has 1 aromatic carbocycles. The molecule has 0 bridgehead atoms. The number of ether oxygens (including phenoxy) is 2. The van der Waals surface area contributed by atoms with Gasteiger partial charge in [0.05, 0.1) is 26.1 Å². The van der Waals surface area contributed by atoms with Gasteiger partial charge in [-0.15, -0.1) is 11.8 Å². The molecule has 0 heterocycles. The van der Waals surface area contributed by atoms with Gasteiger partial charge in [-0.1, -0.05) is 0 Å². The third kappa shape index (κ3) is 5.81. The summed E-state index contributed by atoms with van der Waals surface area (Å²) in [7, 11) is 3.21. The quantitative estimate of drug-likeness (QED) is 0.696. The summed E-state index contributed by atoms with van der Waals surface area (Å²) < 4.78 is 10.0. The predicted octanol–water partition coefficient (Wildman–Crippen LogP) is 1.25. The minimum absolute atomic E-state index is 0.00285. The molecule has 20 heavy (non-hydrogen) atoms. The summed E-state index contributed by atoms with van der Waals surface area (Å²) in [5, 5.41) is 8.97. The maximum atomic E-state index is 12.0. The Bertz CT molecular complexity index is 397. The Kier molecular flexibility index (Phi) is 8.10. The third-order valence-electron chi connectivity index (χ3n) is 2.71. The standard InChI is InChI=1S/C14H21NO4S/c1-18-10-8-15(7-9-16)14(17)11-20-13-5-3-12(19-2)4-6-13/h3-6,16H,7-11H2,1-2H3. The van der Waals surface area contributed by atoms with E-state index in [2.05, 4.69) is 0 Å². The van der Waals surface area contributed by atoms with Gasteiger partial charge in [-0.05, 0) is 24.3 Å². The van der Waals surface area contributed by atoms with E-state index in [0.29, 0.717) is 25.4 Å². The van der Waals surface area contributed by atoms with E-state index in [-0.39, 0.29) is 12.5 Å². The van der Waals surface area contributed by atoms with Crippen molar-refractivity contribution in [1.29, 1.82) is 0 Å². The van der Waals surface area contributed by atoms with Gasteiger partial charge in [-0.2, -0.15) is 0 Å². The number of carbonyl (C=O) groups excluding carboxylic acids is 1. The molecule has 5 nitrogen and oxygen atoms in total. The fourth-order valence-electron chi connectivity index (χ4n) is 1.59. The van der Waals surface area contributed by atoms with Crippen LogP contribution in [0.3, 0.4) is 0 Å². The monoisotopic (exact) mass is 299 g/mol. The Morgan fingerprint density at radius 2 is 1.95 bits per heavy atom. The number of hydrogen-bond acceptors (Lipinski definition) is 5. The van der Waals surface area contributed by atoms with Crippen LogP contribution in [0.5, 0.6) is 5.75 Å². The van der Waals surface area contributed by atoms with Crippen molar-refractivity contribution in [3.05, 3.63) is 24.3 Å². The Hall–Kier alpha value is -1.24. The van der Waals surface area contributed by atoms with Crippen LogP contribution in [0.4, 0.5) is 0 Å². The first-order chi connectivity index (χ1) is 9.71. The minimum Gasteiger partial charge on any atom is -0.497 e. The van der Waals surface area contributed by atoms with Gasteiger partial charge in [0.1, 0.15) is 5.75 Å². The first-order valence-electron chi connectivity index (χ1n) is 6.35. The van der Waals surface area contributed by atoms with E-state index >= 15 is 0 Å². The number of thioether (sulfide) groups is 1. The maximum absolute atomic E-state index is 12.0. The highest BCUT2D eigenvalue weighted by Gasteiger charge is 2.12. The van der Waals surface area contributed by atoms with Crippen LogP contribution in [0, 0.1) is 0 Å². The first kappa shape index (κ1) is 16.8. The zero-order valence-corrected chi connectivity index (χ0v) is 12.7. The predicted molar refractivity (Wildman–Crippen MR) is 79.3 cm³/mol. The number of rotatable bonds is 9. The lowest BCUT2D eigenvalue weighted by atomic mass is 10.3. The van der Waals surface area contributed by atoms with E-state index < -0.39 is 0 Å². The molecular weight excluding hydrogens is 278 g/mol. The summed E-state index contributed by atoms with van der Waals surface area (Å²) in [6.07, 6.45) is 0. The van der Waals surface area contributed by atoms with Crippen molar-refractivity contribution in [3.8, 4) is 5.75 Å². The highest BCUT2D eigenvalue weighted by molar-refractivity contribution is 8.00. The molecule has 0 aromatic heterocycles. The van der Waals surface area contributed by atoms with Gasteiger partial charge in [-0.25, -0.2) is 0 Å². The lowest BCUT2D eigenvalue weighted by Crippen LogP contribution is -2.37. The van der Waals surface area contributed by atoms with Crippen molar-refractivity contribution in [3.63, 3.8) is 0 Å². The molecule has 0 aliphatic heterocycles. The molecule has 0 spiro atoms. The Morgan fingerprint density at radius 1 is 1.25 bits per heavy atom. The number of amides is 1. The molecule has 0 aliphatic rings. The molecule has 0 radical (unpaired) electrons. The highest BCUT2D eigenvalue weighted by Crippen LogP contribution is 2.21. The van der Waals surface area contributed by atoms with Crippen LogP contribution in [0.1, 0.15) is 0 Å². The van der Waals surface area contributed by atoms with Crippen LogP contribution >= 0.6 is 11.8 Å². The number of benzene rings is 1. The largest absolute Gasteiger partial charge is 0.497 e. The zero-order chi connectivity index (χ0) is 14.8. The molecule has 1 aromatic rings. The van der Waals surface area contributed by atoms with E-state index in [1.165, 1.54) is 11.8 Å². The highest BCUT2D eigenvalue weighted by atomic mass is 32.2. The summed E-state index contributed by atoms with van der Waals surface area (Å²) in [6, 6.07) is 7.57. The molecule has 0 unspecified atom stereocenters. The van der Waals surface area contributed by atoms with E-state index in [9.17, 15) is 4.79 Å². The molecular formula is C14H21NO4S.